The molecule has 2 aliphatic rings. The zero-order chi connectivity index (χ0) is 18.0. The highest BCUT2D eigenvalue weighted by Crippen LogP contribution is 2.50. The first-order valence-corrected chi connectivity index (χ1v) is 9.23. The van der Waals surface area contributed by atoms with Gasteiger partial charge in [-0.1, -0.05) is 81.8 Å². The average molecular weight is 332 g/mol. The van der Waals surface area contributed by atoms with Gasteiger partial charge in [-0.05, 0) is 41.7 Å². The summed E-state index contributed by atoms with van der Waals surface area (Å²) in [6.07, 6.45) is 4.72. The Labute approximate surface area is 151 Å². The summed E-state index contributed by atoms with van der Waals surface area (Å²) in [4.78, 5) is 0. The van der Waals surface area contributed by atoms with Crippen LogP contribution in [0, 0.1) is 13.8 Å². The Morgan fingerprint density at radius 2 is 1.28 bits per heavy atom. The van der Waals surface area contributed by atoms with Gasteiger partial charge in [0.25, 0.3) is 0 Å². The van der Waals surface area contributed by atoms with Crippen molar-refractivity contribution >= 4 is 0 Å². The molecule has 1 unspecified atom stereocenters. The molecule has 2 aromatic rings. The minimum Gasteiger partial charge on any atom is -0.359 e. The Bertz CT molecular complexity index is 862. The van der Waals surface area contributed by atoms with Gasteiger partial charge in [0, 0.05) is 10.8 Å². The first-order valence-electron chi connectivity index (χ1n) is 9.23. The van der Waals surface area contributed by atoms with E-state index in [0.29, 0.717) is 0 Å². The van der Waals surface area contributed by atoms with Crippen LogP contribution in [0.2, 0.25) is 0 Å². The largest absolute Gasteiger partial charge is 0.359 e. The van der Waals surface area contributed by atoms with Crippen LogP contribution < -0.4 is 0 Å². The Kier molecular flexibility index (Phi) is 3.37. The molecule has 25 heavy (non-hydrogen) atoms. The van der Waals surface area contributed by atoms with Crippen LogP contribution in [0.3, 0.4) is 0 Å². The Balaban J connectivity index is 1.90. The van der Waals surface area contributed by atoms with E-state index >= 15 is 0 Å². The molecule has 1 heterocycles. The molecular formula is C24H28O. The molecule has 1 nitrogen and oxygen atoms in total. The van der Waals surface area contributed by atoms with Crippen molar-refractivity contribution in [3.8, 4) is 0 Å². The van der Waals surface area contributed by atoms with Gasteiger partial charge in [0.1, 0.15) is 5.60 Å². The number of epoxide rings is 1. The maximum absolute atomic E-state index is 6.08. The molecule has 1 aliphatic heterocycles. The van der Waals surface area contributed by atoms with Gasteiger partial charge in [-0.2, -0.15) is 0 Å². The van der Waals surface area contributed by atoms with Gasteiger partial charge >= 0.3 is 0 Å². The van der Waals surface area contributed by atoms with Gasteiger partial charge in [0.15, 0.2) is 0 Å². The highest BCUT2D eigenvalue weighted by molar-refractivity contribution is 5.55. The van der Waals surface area contributed by atoms with E-state index in [2.05, 4.69) is 90.1 Å². The number of benzene rings is 2. The smallest absolute Gasteiger partial charge is 0.142 e. The molecule has 0 amide bonds. The second-order valence-electron chi connectivity index (χ2n) is 8.97. The van der Waals surface area contributed by atoms with Crippen LogP contribution in [0.1, 0.15) is 61.1 Å². The SMILES string of the molecule is Cc1ccc(C2(c3cc4c(cc3C)C(C)(C)C=CC4(C)C)CO2)cc1. The van der Waals surface area contributed by atoms with E-state index in [1.54, 1.807) is 0 Å². The van der Waals surface area contributed by atoms with E-state index in [0.717, 1.165) is 6.61 Å². The second kappa shape index (κ2) is 5.08. The molecule has 1 saturated heterocycles. The number of hydrogen-bond acceptors (Lipinski definition) is 1. The summed E-state index contributed by atoms with van der Waals surface area (Å²) in [6, 6.07) is 13.6. The monoisotopic (exact) mass is 332 g/mol. The number of ether oxygens (including phenoxy) is 1. The van der Waals surface area contributed by atoms with Crippen LogP contribution in [-0.2, 0) is 21.2 Å². The third-order valence-corrected chi connectivity index (χ3v) is 6.06. The molecule has 1 aliphatic carbocycles. The van der Waals surface area contributed by atoms with Crippen molar-refractivity contribution in [2.24, 2.45) is 0 Å². The van der Waals surface area contributed by atoms with E-state index in [-0.39, 0.29) is 16.4 Å². The summed E-state index contributed by atoms with van der Waals surface area (Å²) in [5.74, 6) is 0. The Hall–Kier alpha value is -1.86. The van der Waals surface area contributed by atoms with Crippen molar-refractivity contribution in [3.63, 3.8) is 0 Å². The lowest BCUT2D eigenvalue weighted by molar-refractivity contribution is 0.347. The minimum absolute atomic E-state index is 0.0522. The van der Waals surface area contributed by atoms with Crippen LogP contribution in [0.4, 0.5) is 0 Å². The Morgan fingerprint density at radius 1 is 0.760 bits per heavy atom. The summed E-state index contributed by atoms with van der Waals surface area (Å²) in [5.41, 5.74) is 7.97. The normalized spacial score (nSPS) is 25.5. The number of rotatable bonds is 2. The Morgan fingerprint density at radius 3 is 1.80 bits per heavy atom. The molecule has 0 saturated carbocycles. The van der Waals surface area contributed by atoms with E-state index in [4.69, 9.17) is 4.74 Å². The molecule has 1 heteroatoms. The first-order chi connectivity index (χ1) is 11.7. The summed E-state index contributed by atoms with van der Waals surface area (Å²) in [5, 5.41) is 0. The molecule has 0 spiro atoms. The van der Waals surface area contributed by atoms with Crippen molar-refractivity contribution in [1.82, 2.24) is 0 Å². The van der Waals surface area contributed by atoms with Crippen molar-refractivity contribution in [1.29, 1.82) is 0 Å². The summed E-state index contributed by atoms with van der Waals surface area (Å²) >= 11 is 0. The lowest BCUT2D eigenvalue weighted by Gasteiger charge is -2.38. The number of hydrogen-bond donors (Lipinski definition) is 0. The van der Waals surface area contributed by atoms with Crippen LogP contribution in [0.15, 0.2) is 48.6 Å². The quantitative estimate of drug-likeness (QED) is 0.507. The average Bonchev–Trinajstić information content (AvgIpc) is 3.34. The number of fused-ring (bicyclic) bond motifs is 1. The third kappa shape index (κ3) is 2.48. The number of allylic oxidation sites excluding steroid dienone is 2. The number of aryl methyl sites for hydroxylation is 2. The molecule has 130 valence electrons. The van der Waals surface area contributed by atoms with Crippen LogP contribution in [-0.4, -0.2) is 6.61 Å². The van der Waals surface area contributed by atoms with Gasteiger partial charge < -0.3 is 4.74 Å². The van der Waals surface area contributed by atoms with Crippen LogP contribution in [0.25, 0.3) is 0 Å². The molecule has 1 fully saturated rings. The zero-order valence-electron chi connectivity index (χ0n) is 16.2. The van der Waals surface area contributed by atoms with E-state index in [1.165, 1.54) is 33.4 Å². The van der Waals surface area contributed by atoms with Crippen molar-refractivity contribution in [2.75, 3.05) is 6.61 Å². The molecule has 2 aromatic carbocycles. The summed E-state index contributed by atoms with van der Waals surface area (Å²) in [6.45, 7) is 14.4. The molecule has 4 rings (SSSR count). The molecule has 0 bridgehead atoms. The predicted octanol–water partition coefficient (Wildman–Crippen LogP) is 5.70. The zero-order valence-corrected chi connectivity index (χ0v) is 16.2. The molecule has 1 atom stereocenters. The van der Waals surface area contributed by atoms with Crippen LogP contribution in [0.5, 0.6) is 0 Å². The summed E-state index contributed by atoms with van der Waals surface area (Å²) in [7, 11) is 0. The lowest BCUT2D eigenvalue weighted by atomic mass is 9.66. The van der Waals surface area contributed by atoms with Crippen LogP contribution >= 0.6 is 0 Å². The standard InChI is InChI=1S/C24H28O/c1-16-7-9-18(10-8-16)24(15-25-24)19-14-21-20(13-17(19)2)22(3,4)11-12-23(21,5)6/h7-14H,15H2,1-6H3. The topological polar surface area (TPSA) is 12.5 Å². The maximum atomic E-state index is 6.08. The molecular weight excluding hydrogens is 304 g/mol. The minimum atomic E-state index is -0.256. The highest BCUT2D eigenvalue weighted by Gasteiger charge is 2.50. The fourth-order valence-electron chi connectivity index (χ4n) is 4.18. The fourth-order valence-corrected chi connectivity index (χ4v) is 4.18. The van der Waals surface area contributed by atoms with Crippen molar-refractivity contribution < 1.29 is 4.74 Å². The fraction of sp³-hybridized carbons (Fsp3) is 0.417. The maximum Gasteiger partial charge on any atom is 0.142 e. The lowest BCUT2D eigenvalue weighted by Crippen LogP contribution is -2.30. The predicted molar refractivity (Wildman–Crippen MR) is 104 cm³/mol. The molecule has 0 radical (unpaired) electrons. The molecule has 0 aromatic heterocycles. The van der Waals surface area contributed by atoms with Gasteiger partial charge in [0.05, 0.1) is 6.61 Å². The first kappa shape index (κ1) is 16.6. The molecule has 0 N–H and O–H groups in total. The van der Waals surface area contributed by atoms with E-state index < -0.39 is 0 Å². The summed E-state index contributed by atoms with van der Waals surface area (Å²) < 4.78 is 6.08. The van der Waals surface area contributed by atoms with Crippen molar-refractivity contribution in [3.05, 3.63) is 81.9 Å². The van der Waals surface area contributed by atoms with Gasteiger partial charge in [-0.15, -0.1) is 0 Å². The van der Waals surface area contributed by atoms with Gasteiger partial charge in [-0.3, -0.25) is 0 Å². The van der Waals surface area contributed by atoms with Crippen molar-refractivity contribution in [2.45, 2.75) is 58.0 Å². The van der Waals surface area contributed by atoms with Gasteiger partial charge in [-0.25, -0.2) is 0 Å². The highest BCUT2D eigenvalue weighted by atomic mass is 16.6. The second-order valence-corrected chi connectivity index (χ2v) is 8.97. The third-order valence-electron chi connectivity index (χ3n) is 6.06. The van der Waals surface area contributed by atoms with E-state index in [1.807, 2.05) is 0 Å². The van der Waals surface area contributed by atoms with Gasteiger partial charge in [0.2, 0.25) is 0 Å². The van der Waals surface area contributed by atoms with E-state index in [9.17, 15) is 0 Å².